The first-order valence-corrected chi connectivity index (χ1v) is 7.53. The molecule has 2 aliphatic heterocycles. The number of hydrogen-bond donors (Lipinski definition) is 5. The van der Waals surface area contributed by atoms with Crippen LogP contribution >= 0.6 is 0 Å². The van der Waals surface area contributed by atoms with E-state index >= 15 is 0 Å². The first kappa shape index (κ1) is 17.5. The van der Waals surface area contributed by atoms with Crippen LogP contribution in [0.15, 0.2) is 24.0 Å². The fourth-order valence-corrected chi connectivity index (χ4v) is 3.24. The van der Waals surface area contributed by atoms with Crippen molar-refractivity contribution in [3.05, 3.63) is 24.0 Å². The zero-order valence-electron chi connectivity index (χ0n) is 12.8. The molecular weight excluding hydrogens is 324 g/mol. The number of aliphatic hydroxyl groups excluding tert-OH is 4. The summed E-state index contributed by atoms with van der Waals surface area (Å²) in [5.74, 6) is -1.35. The summed E-state index contributed by atoms with van der Waals surface area (Å²) in [6.07, 6.45) is -4.80. The van der Waals surface area contributed by atoms with Crippen LogP contribution in [-0.4, -0.2) is 80.5 Å². The van der Waals surface area contributed by atoms with Gasteiger partial charge >= 0.3 is 0 Å². The fourth-order valence-electron chi connectivity index (χ4n) is 3.24. The minimum Gasteiger partial charge on any atom is -0.472 e. The van der Waals surface area contributed by atoms with Crippen LogP contribution in [0.4, 0.5) is 0 Å². The Kier molecular flexibility index (Phi) is 4.51. The van der Waals surface area contributed by atoms with Gasteiger partial charge in [0.2, 0.25) is 6.29 Å². The van der Waals surface area contributed by atoms with Gasteiger partial charge in [0, 0.05) is 0 Å². The SMILES string of the molecule is CC1=CC(=O)[C@]2(O)C=CO[C@@H](O[C@H]3O[C@H](CO)[C@@H](O)[C@H](O)[C@H]3O)[C@H]12. The van der Waals surface area contributed by atoms with Gasteiger partial charge in [-0.3, -0.25) is 4.79 Å². The lowest BCUT2D eigenvalue weighted by molar-refractivity contribution is -0.342. The molecule has 0 bridgehead atoms. The molecule has 0 radical (unpaired) electrons. The molecule has 134 valence electrons. The molecule has 0 unspecified atom stereocenters. The van der Waals surface area contributed by atoms with Gasteiger partial charge in [-0.25, -0.2) is 0 Å². The zero-order chi connectivity index (χ0) is 17.6. The zero-order valence-corrected chi connectivity index (χ0v) is 12.8. The van der Waals surface area contributed by atoms with E-state index in [0.717, 1.165) is 6.26 Å². The van der Waals surface area contributed by atoms with Crippen molar-refractivity contribution < 1.29 is 44.5 Å². The van der Waals surface area contributed by atoms with Crippen molar-refractivity contribution in [3.8, 4) is 0 Å². The maximum atomic E-state index is 12.0. The first-order valence-electron chi connectivity index (χ1n) is 7.53. The monoisotopic (exact) mass is 344 g/mol. The number of carbonyl (C=O) groups excluding carboxylic acids is 1. The molecule has 24 heavy (non-hydrogen) atoms. The summed E-state index contributed by atoms with van der Waals surface area (Å²) in [7, 11) is 0. The van der Waals surface area contributed by atoms with Crippen LogP contribution in [0.5, 0.6) is 0 Å². The molecule has 8 atom stereocenters. The highest BCUT2D eigenvalue weighted by atomic mass is 16.8. The predicted octanol–water partition coefficient (Wildman–Crippen LogP) is -2.45. The highest BCUT2D eigenvalue weighted by Crippen LogP contribution is 2.41. The second kappa shape index (κ2) is 6.19. The largest absolute Gasteiger partial charge is 0.472 e. The molecule has 3 aliphatic rings. The summed E-state index contributed by atoms with van der Waals surface area (Å²) < 4.78 is 16.1. The van der Waals surface area contributed by atoms with E-state index in [4.69, 9.17) is 14.2 Å². The quantitative estimate of drug-likeness (QED) is 0.376. The van der Waals surface area contributed by atoms with Gasteiger partial charge in [0.25, 0.3) is 0 Å². The van der Waals surface area contributed by atoms with E-state index in [1.165, 1.54) is 12.2 Å². The Hall–Kier alpha value is -1.33. The standard InChI is InChI=1S/C15H20O9/c1-6-4-8(17)15(21)2-3-22-13(9(6)15)24-14-12(20)11(19)10(18)7(5-16)23-14/h2-4,7,9-14,16,18-21H,5H2,1H3/t7-,9+,10-,11+,12-,13+,14-,15-/m1/s1. The Morgan fingerprint density at radius 3 is 2.58 bits per heavy atom. The molecule has 0 amide bonds. The third-order valence-electron chi connectivity index (χ3n) is 4.64. The van der Waals surface area contributed by atoms with E-state index < -0.39 is 60.9 Å². The first-order chi connectivity index (χ1) is 11.3. The Balaban J connectivity index is 1.79. The van der Waals surface area contributed by atoms with Crippen molar-refractivity contribution in [2.24, 2.45) is 5.92 Å². The van der Waals surface area contributed by atoms with Crippen LogP contribution in [-0.2, 0) is 19.0 Å². The van der Waals surface area contributed by atoms with Gasteiger partial charge in [0.05, 0.1) is 18.8 Å². The van der Waals surface area contributed by atoms with Crippen LogP contribution in [0.1, 0.15) is 6.92 Å². The highest BCUT2D eigenvalue weighted by molar-refractivity contribution is 6.02. The molecule has 0 aromatic carbocycles. The van der Waals surface area contributed by atoms with Crippen LogP contribution < -0.4 is 0 Å². The lowest BCUT2D eigenvalue weighted by Crippen LogP contribution is -2.61. The molecule has 9 nitrogen and oxygen atoms in total. The number of fused-ring (bicyclic) bond motifs is 1. The minimum atomic E-state index is -1.80. The molecule has 1 aliphatic carbocycles. The average molecular weight is 344 g/mol. The van der Waals surface area contributed by atoms with Gasteiger partial charge in [-0.2, -0.15) is 0 Å². The molecule has 0 spiro atoms. The van der Waals surface area contributed by atoms with E-state index in [1.54, 1.807) is 6.92 Å². The normalized spacial score (nSPS) is 48.0. The van der Waals surface area contributed by atoms with Gasteiger partial charge in [-0.05, 0) is 19.1 Å². The summed E-state index contributed by atoms with van der Waals surface area (Å²) in [5.41, 5.74) is -1.28. The molecule has 0 aromatic heterocycles. The summed E-state index contributed by atoms with van der Waals surface area (Å²) in [6.45, 7) is 1.04. The molecule has 0 aromatic rings. The molecule has 5 N–H and O–H groups in total. The number of ether oxygens (including phenoxy) is 3. The Morgan fingerprint density at radius 2 is 1.92 bits per heavy atom. The average Bonchev–Trinajstić information content (AvgIpc) is 2.78. The third kappa shape index (κ3) is 2.58. The van der Waals surface area contributed by atoms with Crippen molar-refractivity contribution in [1.82, 2.24) is 0 Å². The van der Waals surface area contributed by atoms with Gasteiger partial charge in [0.15, 0.2) is 17.7 Å². The summed E-state index contributed by atoms with van der Waals surface area (Å²) in [4.78, 5) is 12.0. The van der Waals surface area contributed by atoms with E-state index in [-0.39, 0.29) is 0 Å². The molecule has 1 fully saturated rings. The second-order valence-electron chi connectivity index (χ2n) is 6.20. The summed E-state index contributed by atoms with van der Waals surface area (Å²) >= 11 is 0. The molecule has 2 heterocycles. The predicted molar refractivity (Wildman–Crippen MR) is 76.1 cm³/mol. The van der Waals surface area contributed by atoms with Crippen molar-refractivity contribution >= 4 is 5.78 Å². The Morgan fingerprint density at radius 1 is 1.21 bits per heavy atom. The van der Waals surface area contributed by atoms with Gasteiger partial charge in [0.1, 0.15) is 24.4 Å². The maximum absolute atomic E-state index is 12.0. The molecule has 3 rings (SSSR count). The van der Waals surface area contributed by atoms with Crippen LogP contribution in [0, 0.1) is 5.92 Å². The topological polar surface area (TPSA) is 146 Å². The summed E-state index contributed by atoms with van der Waals surface area (Å²) in [6, 6.07) is 0. The highest BCUT2D eigenvalue weighted by Gasteiger charge is 2.55. The second-order valence-corrected chi connectivity index (χ2v) is 6.20. The van der Waals surface area contributed by atoms with Gasteiger partial charge < -0.3 is 39.7 Å². The molecule has 1 saturated heterocycles. The van der Waals surface area contributed by atoms with Crippen LogP contribution in [0.25, 0.3) is 0 Å². The van der Waals surface area contributed by atoms with Crippen molar-refractivity contribution in [1.29, 1.82) is 0 Å². The number of carbonyl (C=O) groups is 1. The van der Waals surface area contributed by atoms with Crippen LogP contribution in [0.2, 0.25) is 0 Å². The number of hydrogen-bond acceptors (Lipinski definition) is 9. The number of ketones is 1. The van der Waals surface area contributed by atoms with E-state index in [2.05, 4.69) is 0 Å². The minimum absolute atomic E-state index is 0.507. The molecule has 9 heteroatoms. The maximum Gasteiger partial charge on any atom is 0.211 e. The fraction of sp³-hybridized carbons (Fsp3) is 0.667. The van der Waals surface area contributed by atoms with Crippen molar-refractivity contribution in [2.45, 2.75) is 49.5 Å². The molecule has 0 saturated carbocycles. The Labute approximate surface area is 137 Å². The van der Waals surface area contributed by atoms with E-state index in [9.17, 15) is 30.3 Å². The van der Waals surface area contributed by atoms with Crippen molar-refractivity contribution in [2.75, 3.05) is 6.61 Å². The smallest absolute Gasteiger partial charge is 0.211 e. The van der Waals surface area contributed by atoms with Gasteiger partial charge in [-0.15, -0.1) is 0 Å². The molecular formula is C15H20O9. The summed E-state index contributed by atoms with van der Waals surface area (Å²) in [5, 5.41) is 49.3. The van der Waals surface area contributed by atoms with E-state index in [1.807, 2.05) is 0 Å². The van der Waals surface area contributed by atoms with Crippen LogP contribution in [0.3, 0.4) is 0 Å². The Bertz CT molecular complexity index is 571. The number of rotatable bonds is 3. The van der Waals surface area contributed by atoms with Gasteiger partial charge in [-0.1, -0.05) is 5.57 Å². The van der Waals surface area contributed by atoms with Crippen molar-refractivity contribution in [3.63, 3.8) is 0 Å². The lowest BCUT2D eigenvalue weighted by Gasteiger charge is -2.43. The van der Waals surface area contributed by atoms with E-state index in [0.29, 0.717) is 5.57 Å². The lowest BCUT2D eigenvalue weighted by atomic mass is 9.84. The third-order valence-corrected chi connectivity index (χ3v) is 4.64. The number of aliphatic hydroxyl groups is 5.